The summed E-state index contributed by atoms with van der Waals surface area (Å²) >= 11 is 0. The third-order valence-electron chi connectivity index (χ3n) is 8.00. The summed E-state index contributed by atoms with van der Waals surface area (Å²) < 4.78 is 18.1. The Kier molecular flexibility index (Phi) is 10.2. The lowest BCUT2D eigenvalue weighted by Gasteiger charge is -2.39. The van der Waals surface area contributed by atoms with E-state index < -0.39 is 30.0 Å². The summed E-state index contributed by atoms with van der Waals surface area (Å²) in [4.78, 5) is 53.0. The summed E-state index contributed by atoms with van der Waals surface area (Å²) in [5.41, 5.74) is 0.739. The summed E-state index contributed by atoms with van der Waals surface area (Å²) in [6, 6.07) is -0.0978. The molecular formula is C30H42N2O9. The Morgan fingerprint density at radius 1 is 1.17 bits per heavy atom. The molecule has 0 aliphatic carbocycles. The first-order valence-corrected chi connectivity index (χ1v) is 14.5. The highest BCUT2D eigenvalue weighted by Crippen LogP contribution is 2.43. The molecule has 1 unspecified atom stereocenters. The molecule has 0 aromatic carbocycles. The number of ether oxygens (including phenoxy) is 3. The number of allylic oxidation sites excluding steroid dienone is 2. The Balaban J connectivity index is 1.25. The second-order valence-corrected chi connectivity index (χ2v) is 11.8. The predicted molar refractivity (Wildman–Crippen MR) is 147 cm³/mol. The monoisotopic (exact) mass is 574 g/mol. The molecule has 0 radical (unpaired) electrons. The number of imide groups is 1. The fourth-order valence-electron chi connectivity index (χ4n) is 5.56. The molecule has 1 spiro atoms. The number of epoxide rings is 1. The van der Waals surface area contributed by atoms with Gasteiger partial charge in [-0.15, -0.1) is 5.06 Å². The van der Waals surface area contributed by atoms with Crippen LogP contribution in [-0.2, 0) is 38.2 Å². The number of rotatable bonds is 10. The van der Waals surface area contributed by atoms with Crippen molar-refractivity contribution in [1.29, 1.82) is 0 Å². The van der Waals surface area contributed by atoms with Crippen LogP contribution in [0.2, 0.25) is 0 Å². The van der Waals surface area contributed by atoms with E-state index in [0.717, 1.165) is 18.4 Å². The van der Waals surface area contributed by atoms with E-state index in [0.29, 0.717) is 24.5 Å². The molecule has 41 heavy (non-hydrogen) atoms. The van der Waals surface area contributed by atoms with Gasteiger partial charge in [0.25, 0.3) is 11.8 Å². The Labute approximate surface area is 240 Å². The lowest BCUT2D eigenvalue weighted by Crippen LogP contribution is -2.50. The van der Waals surface area contributed by atoms with Gasteiger partial charge in [0.2, 0.25) is 5.91 Å². The number of aliphatic hydroxyl groups excluding tert-OH is 1. The number of amides is 3. The van der Waals surface area contributed by atoms with Crippen LogP contribution in [0.15, 0.2) is 36.0 Å². The second kappa shape index (κ2) is 13.4. The van der Waals surface area contributed by atoms with Crippen LogP contribution in [0, 0.1) is 5.92 Å². The van der Waals surface area contributed by atoms with Crippen LogP contribution in [0.1, 0.15) is 72.6 Å². The molecule has 226 valence electrons. The third-order valence-corrected chi connectivity index (χ3v) is 8.00. The van der Waals surface area contributed by atoms with E-state index in [9.17, 15) is 24.3 Å². The topological polar surface area (TPSA) is 144 Å². The van der Waals surface area contributed by atoms with Gasteiger partial charge in [0.05, 0.1) is 55.2 Å². The summed E-state index contributed by atoms with van der Waals surface area (Å²) in [6.07, 6.45) is 10.2. The van der Waals surface area contributed by atoms with Gasteiger partial charge in [0.15, 0.2) is 0 Å². The van der Waals surface area contributed by atoms with Crippen LogP contribution < -0.4 is 5.32 Å². The standard InChI is InChI=1S/C30H42N2O9/c1-18(6-9-25-19(2)13-24(21(4)39-25)31-26(34)10-7-20(3)33)5-8-22-15-30(17-38-30)16-23(40-22)14-29(37)41-32-27(35)11-12-28(32)36/h5-8,10,19-25,33H,9,11-17H2,1-4H3,(H,31,34)/b8-5+,10-7?,18-6+/t19-,20?,21+,22+,23+,24+,25-,30+/m0/s1. The van der Waals surface area contributed by atoms with Crippen molar-refractivity contribution in [2.75, 3.05) is 6.61 Å². The Hall–Kier alpha value is -2.86. The molecule has 8 atom stereocenters. The highest BCUT2D eigenvalue weighted by Gasteiger charge is 2.51. The number of hydroxylamine groups is 2. The van der Waals surface area contributed by atoms with E-state index in [1.165, 1.54) is 12.2 Å². The van der Waals surface area contributed by atoms with Gasteiger partial charge < -0.3 is 29.5 Å². The first kappa shape index (κ1) is 31.1. The van der Waals surface area contributed by atoms with Gasteiger partial charge in [-0.1, -0.05) is 36.8 Å². The average Bonchev–Trinajstić information content (AvgIpc) is 3.57. The van der Waals surface area contributed by atoms with Gasteiger partial charge in [-0.25, -0.2) is 4.79 Å². The van der Waals surface area contributed by atoms with Crippen LogP contribution >= 0.6 is 0 Å². The van der Waals surface area contributed by atoms with E-state index in [1.807, 2.05) is 26.0 Å². The molecule has 2 N–H and O–H groups in total. The number of hydrogen-bond donors (Lipinski definition) is 2. The molecule has 4 heterocycles. The number of aliphatic hydroxyl groups is 1. The molecule has 4 aliphatic rings. The van der Waals surface area contributed by atoms with Gasteiger partial charge >= 0.3 is 5.97 Å². The van der Waals surface area contributed by atoms with Crippen molar-refractivity contribution < 1.29 is 43.3 Å². The van der Waals surface area contributed by atoms with Crippen molar-refractivity contribution in [3.05, 3.63) is 36.0 Å². The van der Waals surface area contributed by atoms with E-state index in [2.05, 4.69) is 18.3 Å². The van der Waals surface area contributed by atoms with Gasteiger partial charge in [-0.05, 0) is 39.5 Å². The Morgan fingerprint density at radius 2 is 1.88 bits per heavy atom. The maximum absolute atomic E-state index is 12.4. The summed E-state index contributed by atoms with van der Waals surface area (Å²) in [5, 5.41) is 12.9. The summed E-state index contributed by atoms with van der Waals surface area (Å²) in [7, 11) is 0. The Morgan fingerprint density at radius 3 is 2.54 bits per heavy atom. The van der Waals surface area contributed by atoms with Gasteiger partial charge in [0.1, 0.15) is 0 Å². The second-order valence-electron chi connectivity index (χ2n) is 11.8. The van der Waals surface area contributed by atoms with Crippen LogP contribution in [0.4, 0.5) is 0 Å². The molecule has 11 heteroatoms. The van der Waals surface area contributed by atoms with E-state index >= 15 is 0 Å². The number of carbonyl (C=O) groups is 4. The number of nitrogens with one attached hydrogen (secondary N) is 1. The predicted octanol–water partition coefficient (Wildman–Crippen LogP) is 2.43. The number of nitrogens with zero attached hydrogens (tertiary/aromatic N) is 1. The van der Waals surface area contributed by atoms with Crippen molar-refractivity contribution in [2.24, 2.45) is 5.92 Å². The minimum atomic E-state index is -0.677. The van der Waals surface area contributed by atoms with Gasteiger partial charge in [-0.2, -0.15) is 0 Å². The first-order valence-electron chi connectivity index (χ1n) is 14.5. The lowest BCUT2D eigenvalue weighted by atomic mass is 9.88. The zero-order chi connectivity index (χ0) is 29.7. The van der Waals surface area contributed by atoms with Crippen LogP contribution in [0.25, 0.3) is 0 Å². The molecule has 4 rings (SSSR count). The molecule has 11 nitrogen and oxygen atoms in total. The molecular weight excluding hydrogens is 532 g/mol. The number of hydrogen-bond acceptors (Lipinski definition) is 9. The SMILES string of the molecule is CC(/C=C/[C@@H]1C[C@]2(CO2)C[C@@H](CC(=O)ON2C(=O)CCC2=O)O1)=C\C[C@@H]1O[C@H](C)[C@H](NC(=O)C=CC(C)O)C[C@@H]1C. The minimum Gasteiger partial charge on any atom is -0.389 e. The first-order chi connectivity index (χ1) is 19.4. The van der Waals surface area contributed by atoms with Crippen molar-refractivity contribution in [2.45, 2.75) is 115 Å². The van der Waals surface area contributed by atoms with E-state index in [-0.39, 0.29) is 61.0 Å². The third kappa shape index (κ3) is 8.81. The minimum absolute atomic E-state index is 0.0216. The largest absolute Gasteiger partial charge is 0.389 e. The average molecular weight is 575 g/mol. The van der Waals surface area contributed by atoms with Crippen molar-refractivity contribution in [1.82, 2.24) is 10.4 Å². The molecule has 3 amide bonds. The van der Waals surface area contributed by atoms with Gasteiger partial charge in [-0.3, -0.25) is 14.4 Å². The Bertz CT molecular complexity index is 1080. The van der Waals surface area contributed by atoms with E-state index in [1.54, 1.807) is 6.92 Å². The molecule has 4 saturated heterocycles. The fraction of sp³-hybridized carbons (Fsp3) is 0.667. The summed E-state index contributed by atoms with van der Waals surface area (Å²) in [6.45, 7) is 8.29. The van der Waals surface area contributed by atoms with Crippen LogP contribution in [0.3, 0.4) is 0 Å². The zero-order valence-corrected chi connectivity index (χ0v) is 24.2. The molecule has 0 aromatic rings. The van der Waals surface area contributed by atoms with Crippen molar-refractivity contribution in [3.8, 4) is 0 Å². The van der Waals surface area contributed by atoms with Crippen LogP contribution in [0.5, 0.6) is 0 Å². The van der Waals surface area contributed by atoms with Crippen molar-refractivity contribution in [3.63, 3.8) is 0 Å². The smallest absolute Gasteiger partial charge is 0.335 e. The zero-order valence-electron chi connectivity index (χ0n) is 24.2. The normalized spacial score (nSPS) is 35.0. The highest BCUT2D eigenvalue weighted by molar-refractivity contribution is 6.01. The molecule has 0 saturated carbocycles. The molecule has 4 fully saturated rings. The lowest BCUT2D eigenvalue weighted by molar-refractivity contribution is -0.200. The highest BCUT2D eigenvalue weighted by atomic mass is 16.7. The molecule has 0 bridgehead atoms. The summed E-state index contributed by atoms with van der Waals surface area (Å²) in [5.74, 6) is -1.69. The van der Waals surface area contributed by atoms with Crippen molar-refractivity contribution >= 4 is 23.7 Å². The molecule has 0 aromatic heterocycles. The quantitative estimate of drug-likeness (QED) is 0.174. The maximum Gasteiger partial charge on any atom is 0.335 e. The maximum atomic E-state index is 12.4. The van der Waals surface area contributed by atoms with Gasteiger partial charge in [0, 0.05) is 31.8 Å². The fourth-order valence-corrected chi connectivity index (χ4v) is 5.56. The number of carbonyl (C=O) groups excluding carboxylic acids is 4. The molecule has 4 aliphatic heterocycles. The van der Waals surface area contributed by atoms with E-state index in [4.69, 9.17) is 19.0 Å². The van der Waals surface area contributed by atoms with Crippen LogP contribution in [-0.4, -0.2) is 82.6 Å².